The molecule has 5 rings (SSSR count). The molecule has 3 heterocycles. The van der Waals surface area contributed by atoms with Gasteiger partial charge in [-0.15, -0.1) is 11.3 Å². The van der Waals surface area contributed by atoms with Crippen LogP contribution in [0.5, 0.6) is 0 Å². The summed E-state index contributed by atoms with van der Waals surface area (Å²) < 4.78 is 0. The molecule has 0 saturated carbocycles. The number of nitrogens with zero attached hydrogens (tertiary/aromatic N) is 3. The van der Waals surface area contributed by atoms with Crippen molar-refractivity contribution in [3.05, 3.63) is 88.6 Å². The molecule has 0 fully saturated rings. The molecule has 11 heteroatoms. The lowest BCUT2D eigenvalue weighted by Crippen LogP contribution is -2.50. The maximum Gasteiger partial charge on any atom is 0.255 e. The fourth-order valence-corrected chi connectivity index (χ4v) is 5.81. The molecule has 5 N–H and O–H groups in total. The third kappa shape index (κ3) is 5.73. The van der Waals surface area contributed by atoms with Gasteiger partial charge in [-0.05, 0) is 49.6 Å². The molecule has 4 atom stereocenters. The molecule has 0 spiro atoms. The third-order valence-electron chi connectivity index (χ3n) is 6.98. The van der Waals surface area contributed by atoms with Gasteiger partial charge in [0.15, 0.2) is 17.3 Å². The lowest BCUT2D eigenvalue weighted by Gasteiger charge is -2.28. The highest BCUT2D eigenvalue weighted by Crippen LogP contribution is 2.40. The summed E-state index contributed by atoms with van der Waals surface area (Å²) in [5, 5.41) is 32.1. The van der Waals surface area contributed by atoms with Crippen LogP contribution in [0.4, 0.5) is 10.8 Å². The minimum absolute atomic E-state index is 0.197. The average Bonchev–Trinajstić information content (AvgIpc) is 3.71. The van der Waals surface area contributed by atoms with Crippen molar-refractivity contribution in [3.63, 3.8) is 0 Å². The average molecular weight is 563 g/mol. The smallest absolute Gasteiger partial charge is 0.255 e. The van der Waals surface area contributed by atoms with Gasteiger partial charge >= 0.3 is 0 Å². The predicted octanol–water partition coefficient (Wildman–Crippen LogP) is 2.83. The number of hydrogen-bond donors (Lipinski definition) is 5. The largest absolute Gasteiger partial charge is 0.380 e. The molecule has 0 unspecified atom stereocenters. The minimum Gasteiger partial charge on any atom is -0.380 e. The van der Waals surface area contributed by atoms with E-state index in [1.807, 2.05) is 85.0 Å². The van der Waals surface area contributed by atoms with Crippen molar-refractivity contribution >= 4 is 34.0 Å². The molecule has 0 radical (unpaired) electrons. The van der Waals surface area contributed by atoms with Gasteiger partial charge in [0, 0.05) is 30.7 Å². The number of amides is 2. The number of rotatable bonds is 9. The second-order valence-corrected chi connectivity index (χ2v) is 11.1. The number of benzene rings is 2. The molecule has 210 valence electrons. The first-order valence-electron chi connectivity index (χ1n) is 13.3. The van der Waals surface area contributed by atoms with Gasteiger partial charge in [-0.1, -0.05) is 42.5 Å². The van der Waals surface area contributed by atoms with E-state index in [2.05, 4.69) is 21.0 Å². The van der Waals surface area contributed by atoms with Gasteiger partial charge < -0.3 is 25.7 Å². The summed E-state index contributed by atoms with van der Waals surface area (Å²) in [6.45, 7) is 6.81. The second-order valence-electron chi connectivity index (χ2n) is 10.3. The lowest BCUT2D eigenvalue weighted by atomic mass is 10.0. The number of fused-ring (bicyclic) bond motifs is 1. The van der Waals surface area contributed by atoms with Gasteiger partial charge in [0.05, 0.1) is 17.4 Å². The maximum absolute atomic E-state index is 13.5. The fraction of sp³-hybridized carbons (Fsp3) is 0.345. The Balaban J connectivity index is 1.27. The first-order valence-corrected chi connectivity index (χ1v) is 14.2. The summed E-state index contributed by atoms with van der Waals surface area (Å²) in [4.78, 5) is 32.6. The summed E-state index contributed by atoms with van der Waals surface area (Å²) >= 11 is 1.44. The lowest BCUT2D eigenvalue weighted by molar-refractivity contribution is -0.154. The molecule has 40 heavy (non-hydrogen) atoms. The number of aliphatic hydroxyl groups is 2. The van der Waals surface area contributed by atoms with Crippen molar-refractivity contribution in [2.75, 3.05) is 16.9 Å². The molecule has 2 amide bonds. The molecular weight excluding hydrogens is 528 g/mol. The Labute approximate surface area is 237 Å². The first kappa shape index (κ1) is 27.8. The van der Waals surface area contributed by atoms with Gasteiger partial charge in [0.1, 0.15) is 6.04 Å². The van der Waals surface area contributed by atoms with Crippen molar-refractivity contribution in [1.29, 1.82) is 0 Å². The Morgan fingerprint density at radius 1 is 1.07 bits per heavy atom. The first-order chi connectivity index (χ1) is 19.2. The van der Waals surface area contributed by atoms with E-state index in [-0.39, 0.29) is 12.6 Å². The van der Waals surface area contributed by atoms with Gasteiger partial charge in [-0.3, -0.25) is 14.6 Å². The molecule has 0 saturated heterocycles. The van der Waals surface area contributed by atoms with E-state index in [9.17, 15) is 19.8 Å². The van der Waals surface area contributed by atoms with Crippen LogP contribution in [0.1, 0.15) is 55.2 Å². The Hall–Kier alpha value is -3.77. The number of carbonyl (C=O) groups is 2. The highest BCUT2D eigenvalue weighted by atomic mass is 32.1. The zero-order chi connectivity index (χ0) is 28.4. The molecule has 0 bridgehead atoms. The molecule has 0 aliphatic carbocycles. The topological polar surface area (TPSA) is 130 Å². The summed E-state index contributed by atoms with van der Waals surface area (Å²) in [5.41, 5.74) is 7.45. The monoisotopic (exact) mass is 562 g/mol. The van der Waals surface area contributed by atoms with Gasteiger partial charge in [-0.2, -0.15) is 0 Å². The Morgan fingerprint density at radius 2 is 1.82 bits per heavy atom. The van der Waals surface area contributed by atoms with Crippen molar-refractivity contribution in [1.82, 2.24) is 20.6 Å². The molecule has 1 aromatic heterocycles. The van der Waals surface area contributed by atoms with E-state index in [1.54, 1.807) is 6.92 Å². The fourth-order valence-electron chi connectivity index (χ4n) is 4.93. The SMILES string of the molecule is CC(C)Nc1nc([C@@H]2c3ccccc3CN2C(=O)[C@H](O)[C@@H](O)C(=O)N[C@H](C)c2ccc(N3C=CCN3)cc2)cs1. The van der Waals surface area contributed by atoms with Crippen LogP contribution in [-0.2, 0) is 16.1 Å². The number of aliphatic hydroxyl groups excluding tert-OH is 2. The van der Waals surface area contributed by atoms with E-state index in [0.29, 0.717) is 5.69 Å². The molecular formula is C29H34N6O4S. The summed E-state index contributed by atoms with van der Waals surface area (Å²) in [6.07, 6.45) is 0.0674. The Kier molecular flexibility index (Phi) is 8.17. The molecule has 2 aliphatic rings. The highest BCUT2D eigenvalue weighted by Gasteiger charge is 2.41. The van der Waals surface area contributed by atoms with Crippen LogP contribution in [0, 0.1) is 0 Å². The number of aromatic nitrogens is 1. The standard InChI is InChI=1S/C29H34N6O4S/c1-17(2)31-29-33-23(16-40-29)24-22-8-5-4-7-20(22)15-34(24)28(39)26(37)25(36)27(38)32-18(3)19-9-11-21(12-10-19)35-14-6-13-30-35/h4-12,14,16-18,24-26,30,36-37H,13,15H2,1-3H3,(H,31,33)(H,32,38)/t18-,24+,25-,26-/m1/s1. The van der Waals surface area contributed by atoms with Gasteiger partial charge in [0.25, 0.3) is 11.8 Å². The Morgan fingerprint density at radius 3 is 2.52 bits per heavy atom. The Bertz CT molecular complexity index is 1390. The van der Waals surface area contributed by atoms with Crippen LogP contribution in [0.15, 0.2) is 66.2 Å². The van der Waals surface area contributed by atoms with Crippen LogP contribution < -0.4 is 21.1 Å². The van der Waals surface area contributed by atoms with Crippen molar-refractivity contribution in [3.8, 4) is 0 Å². The van der Waals surface area contributed by atoms with E-state index in [0.717, 1.165) is 34.1 Å². The quantitative estimate of drug-likeness (QED) is 0.269. The van der Waals surface area contributed by atoms with Crippen LogP contribution in [0.3, 0.4) is 0 Å². The number of anilines is 2. The number of nitrogens with one attached hydrogen (secondary N) is 3. The van der Waals surface area contributed by atoms with Crippen molar-refractivity contribution in [2.24, 2.45) is 0 Å². The van der Waals surface area contributed by atoms with Crippen molar-refractivity contribution < 1.29 is 19.8 Å². The normalized spacial score (nSPS) is 18.5. The molecule has 2 aromatic carbocycles. The van der Waals surface area contributed by atoms with E-state index >= 15 is 0 Å². The number of hydrogen-bond acceptors (Lipinski definition) is 9. The second kappa shape index (κ2) is 11.8. The van der Waals surface area contributed by atoms with E-state index in [4.69, 9.17) is 0 Å². The maximum atomic E-state index is 13.5. The predicted molar refractivity (Wildman–Crippen MR) is 154 cm³/mol. The number of thiazole rings is 1. The summed E-state index contributed by atoms with van der Waals surface area (Å²) in [5.74, 6) is -1.56. The highest BCUT2D eigenvalue weighted by molar-refractivity contribution is 7.13. The molecule has 2 aliphatic heterocycles. The van der Waals surface area contributed by atoms with Crippen LogP contribution in [0.25, 0.3) is 0 Å². The number of hydrazine groups is 1. The van der Waals surface area contributed by atoms with Crippen LogP contribution in [0.2, 0.25) is 0 Å². The summed E-state index contributed by atoms with van der Waals surface area (Å²) in [6, 6.07) is 14.4. The number of carbonyl (C=O) groups excluding carboxylic acids is 2. The zero-order valence-corrected chi connectivity index (χ0v) is 23.4. The van der Waals surface area contributed by atoms with E-state index in [1.165, 1.54) is 16.2 Å². The minimum atomic E-state index is -1.94. The van der Waals surface area contributed by atoms with E-state index < -0.39 is 36.1 Å². The van der Waals surface area contributed by atoms with Crippen molar-refractivity contribution in [2.45, 2.75) is 57.6 Å². The van der Waals surface area contributed by atoms with Crippen LogP contribution in [-0.4, -0.2) is 56.7 Å². The molecule has 10 nitrogen and oxygen atoms in total. The zero-order valence-electron chi connectivity index (χ0n) is 22.6. The third-order valence-corrected chi connectivity index (χ3v) is 7.78. The van der Waals surface area contributed by atoms with Gasteiger partial charge in [0.2, 0.25) is 0 Å². The molecule has 3 aromatic rings. The van der Waals surface area contributed by atoms with Gasteiger partial charge in [-0.25, -0.2) is 10.4 Å². The summed E-state index contributed by atoms with van der Waals surface area (Å²) in [7, 11) is 0. The van der Waals surface area contributed by atoms with Crippen LogP contribution >= 0.6 is 11.3 Å².